The fraction of sp³-hybridized carbons (Fsp3) is 0.400. The monoisotopic (exact) mass is 547 g/mol. The van der Waals surface area contributed by atoms with E-state index in [1.165, 1.54) is 17.3 Å². The number of fused-ring (bicyclic) bond motifs is 1. The average molecular weight is 548 g/mol. The molecule has 4 aromatic rings. The highest BCUT2D eigenvalue weighted by molar-refractivity contribution is 6.29. The van der Waals surface area contributed by atoms with Crippen LogP contribution in [0.1, 0.15) is 36.7 Å². The van der Waals surface area contributed by atoms with Crippen LogP contribution in [-0.4, -0.2) is 61.7 Å². The SMILES string of the molecule is CC(C)(C)Cn1cc(-c2ncc(C(=O)N3CCN(c4nc5nc(Cl)ccc5o4)CC3)cc2C(F)(F)F)cn1. The van der Waals surface area contributed by atoms with Crippen molar-refractivity contribution < 1.29 is 22.4 Å². The molecule has 0 radical (unpaired) electrons. The summed E-state index contributed by atoms with van der Waals surface area (Å²) in [5.41, 5.74) is -0.368. The molecule has 4 aromatic heterocycles. The van der Waals surface area contributed by atoms with Gasteiger partial charge in [0.25, 0.3) is 11.9 Å². The zero-order chi connectivity index (χ0) is 27.2. The molecular weight excluding hydrogens is 523 g/mol. The van der Waals surface area contributed by atoms with Crippen molar-refractivity contribution in [3.63, 3.8) is 0 Å². The number of halogens is 4. The van der Waals surface area contributed by atoms with Crippen molar-refractivity contribution in [2.24, 2.45) is 5.41 Å². The standard InChI is InChI=1S/C25H25ClF3N7O2/c1-24(2,3)14-36-13-16(12-31-36)20-17(25(27,28)29)10-15(11-30-20)22(37)34-6-8-35(9-7-34)23-33-21-18(38-23)4-5-19(26)32-21/h4-5,10-13H,6-9,14H2,1-3H3. The van der Waals surface area contributed by atoms with Gasteiger partial charge in [-0.2, -0.15) is 23.3 Å². The number of piperazine rings is 1. The fourth-order valence-electron chi connectivity index (χ4n) is 4.29. The maximum absolute atomic E-state index is 14.0. The van der Waals surface area contributed by atoms with E-state index in [0.29, 0.717) is 42.0 Å². The molecule has 38 heavy (non-hydrogen) atoms. The van der Waals surface area contributed by atoms with Crippen molar-refractivity contribution >= 4 is 34.8 Å². The van der Waals surface area contributed by atoms with Crippen LogP contribution in [0.5, 0.6) is 0 Å². The lowest BCUT2D eigenvalue weighted by molar-refractivity contribution is -0.137. The van der Waals surface area contributed by atoms with Crippen molar-refractivity contribution in [1.82, 2.24) is 29.6 Å². The molecule has 0 N–H and O–H groups in total. The largest absolute Gasteiger partial charge is 0.422 e. The third kappa shape index (κ3) is 5.45. The third-order valence-electron chi connectivity index (χ3n) is 6.03. The maximum Gasteiger partial charge on any atom is 0.418 e. The first-order valence-electron chi connectivity index (χ1n) is 11.9. The number of rotatable bonds is 4. The summed E-state index contributed by atoms with van der Waals surface area (Å²) in [5.74, 6) is -0.524. The zero-order valence-corrected chi connectivity index (χ0v) is 21.7. The maximum atomic E-state index is 14.0. The van der Waals surface area contributed by atoms with E-state index in [2.05, 4.69) is 20.1 Å². The topological polar surface area (TPSA) is 93.2 Å². The second-order valence-corrected chi connectivity index (χ2v) is 10.7. The molecule has 13 heteroatoms. The number of hydrogen-bond donors (Lipinski definition) is 0. The lowest BCUT2D eigenvalue weighted by atomic mass is 9.97. The lowest BCUT2D eigenvalue weighted by Gasteiger charge is -2.33. The molecular formula is C25H25ClF3N7O2. The molecule has 0 saturated carbocycles. The Bertz CT molecular complexity index is 1480. The molecule has 0 spiro atoms. The number of aromatic nitrogens is 5. The van der Waals surface area contributed by atoms with Gasteiger partial charge in [0.05, 0.1) is 23.0 Å². The summed E-state index contributed by atoms with van der Waals surface area (Å²) in [6, 6.07) is 4.49. The Kier molecular flexibility index (Phi) is 6.54. The Balaban J connectivity index is 1.33. The van der Waals surface area contributed by atoms with Gasteiger partial charge in [-0.25, -0.2) is 4.98 Å². The van der Waals surface area contributed by atoms with Gasteiger partial charge in [-0.05, 0) is 23.6 Å². The number of anilines is 1. The van der Waals surface area contributed by atoms with E-state index in [-0.39, 0.29) is 35.3 Å². The van der Waals surface area contributed by atoms with Crippen LogP contribution in [0.2, 0.25) is 5.15 Å². The van der Waals surface area contributed by atoms with Crippen molar-refractivity contribution in [2.75, 3.05) is 31.1 Å². The second kappa shape index (κ2) is 9.57. The number of hydrogen-bond acceptors (Lipinski definition) is 7. The first kappa shape index (κ1) is 26.0. The predicted octanol–water partition coefficient (Wildman–Crippen LogP) is 5.16. The van der Waals surface area contributed by atoms with E-state index in [4.69, 9.17) is 16.0 Å². The molecule has 0 bridgehead atoms. The summed E-state index contributed by atoms with van der Waals surface area (Å²) in [7, 11) is 0. The molecule has 5 rings (SSSR count). The highest BCUT2D eigenvalue weighted by atomic mass is 35.5. The van der Waals surface area contributed by atoms with E-state index < -0.39 is 17.6 Å². The number of amides is 1. The smallest absolute Gasteiger partial charge is 0.418 e. The molecule has 1 aliphatic rings. The Morgan fingerprint density at radius 3 is 2.50 bits per heavy atom. The molecule has 9 nitrogen and oxygen atoms in total. The Hall–Kier alpha value is -3.67. The molecule has 0 atom stereocenters. The second-order valence-electron chi connectivity index (χ2n) is 10.3. The van der Waals surface area contributed by atoms with Gasteiger partial charge in [-0.1, -0.05) is 32.4 Å². The summed E-state index contributed by atoms with van der Waals surface area (Å²) < 4.78 is 49.4. The van der Waals surface area contributed by atoms with Crippen LogP contribution in [0.4, 0.5) is 19.2 Å². The van der Waals surface area contributed by atoms with Crippen LogP contribution < -0.4 is 4.90 Å². The summed E-state index contributed by atoms with van der Waals surface area (Å²) >= 11 is 5.90. The van der Waals surface area contributed by atoms with E-state index >= 15 is 0 Å². The fourth-order valence-corrected chi connectivity index (χ4v) is 4.43. The molecule has 5 heterocycles. The first-order chi connectivity index (χ1) is 17.9. The minimum atomic E-state index is -4.70. The first-order valence-corrected chi connectivity index (χ1v) is 12.3. The van der Waals surface area contributed by atoms with Crippen molar-refractivity contribution in [3.05, 3.63) is 53.1 Å². The minimum Gasteiger partial charge on any atom is -0.422 e. The van der Waals surface area contributed by atoms with Crippen LogP contribution >= 0.6 is 11.6 Å². The zero-order valence-electron chi connectivity index (χ0n) is 21.0. The Morgan fingerprint density at radius 1 is 1.08 bits per heavy atom. The van der Waals surface area contributed by atoms with Crippen LogP contribution in [0.15, 0.2) is 41.2 Å². The van der Waals surface area contributed by atoms with Gasteiger partial charge >= 0.3 is 6.18 Å². The van der Waals surface area contributed by atoms with Crippen molar-refractivity contribution in [2.45, 2.75) is 33.5 Å². The van der Waals surface area contributed by atoms with Crippen molar-refractivity contribution in [1.29, 1.82) is 0 Å². The van der Waals surface area contributed by atoms with E-state index in [9.17, 15) is 18.0 Å². The van der Waals surface area contributed by atoms with Gasteiger partial charge in [0.1, 0.15) is 5.15 Å². The van der Waals surface area contributed by atoms with Crippen LogP contribution in [0.25, 0.3) is 22.5 Å². The summed E-state index contributed by atoms with van der Waals surface area (Å²) in [5, 5.41) is 4.48. The average Bonchev–Trinajstić information content (AvgIpc) is 3.48. The highest BCUT2D eigenvalue weighted by Gasteiger charge is 2.36. The molecule has 0 unspecified atom stereocenters. The Labute approximate surface area is 221 Å². The number of carbonyl (C=O) groups excluding carboxylic acids is 1. The number of pyridine rings is 2. The van der Waals surface area contributed by atoms with E-state index in [0.717, 1.165) is 6.07 Å². The molecule has 0 aromatic carbocycles. The highest BCUT2D eigenvalue weighted by Crippen LogP contribution is 2.37. The molecule has 1 saturated heterocycles. The Morgan fingerprint density at radius 2 is 1.82 bits per heavy atom. The van der Waals surface area contributed by atoms with E-state index in [1.54, 1.807) is 23.0 Å². The van der Waals surface area contributed by atoms with Gasteiger partial charge in [-0.15, -0.1) is 0 Å². The van der Waals surface area contributed by atoms with Gasteiger partial charge in [0.15, 0.2) is 5.58 Å². The number of carbonyl (C=O) groups is 1. The number of oxazole rings is 1. The summed E-state index contributed by atoms with van der Waals surface area (Å²) in [6.45, 7) is 7.87. The quantitative estimate of drug-likeness (QED) is 0.326. The van der Waals surface area contributed by atoms with E-state index in [1.807, 2.05) is 25.7 Å². The van der Waals surface area contributed by atoms with Gasteiger partial charge in [-0.3, -0.25) is 14.5 Å². The summed E-state index contributed by atoms with van der Waals surface area (Å²) in [4.78, 5) is 29.0. The van der Waals surface area contributed by atoms with Crippen LogP contribution in [0, 0.1) is 5.41 Å². The third-order valence-corrected chi connectivity index (χ3v) is 6.24. The molecule has 1 fully saturated rings. The lowest BCUT2D eigenvalue weighted by Crippen LogP contribution is -2.49. The van der Waals surface area contributed by atoms with Crippen LogP contribution in [0.3, 0.4) is 0 Å². The molecule has 200 valence electrons. The number of alkyl halides is 3. The van der Waals surface area contributed by atoms with Gasteiger partial charge in [0.2, 0.25) is 5.65 Å². The molecule has 1 amide bonds. The minimum absolute atomic E-state index is 0.102. The normalized spacial score (nSPS) is 14.9. The molecule has 1 aliphatic heterocycles. The van der Waals surface area contributed by atoms with Crippen molar-refractivity contribution in [3.8, 4) is 11.3 Å². The van der Waals surface area contributed by atoms with Gasteiger partial charge < -0.3 is 14.2 Å². The summed E-state index contributed by atoms with van der Waals surface area (Å²) in [6.07, 6.45) is -0.608. The number of nitrogens with zero attached hydrogens (tertiary/aromatic N) is 7. The van der Waals surface area contributed by atoms with Crippen LogP contribution in [-0.2, 0) is 12.7 Å². The molecule has 0 aliphatic carbocycles. The predicted molar refractivity (Wildman–Crippen MR) is 135 cm³/mol. The van der Waals surface area contributed by atoms with Gasteiger partial charge in [0, 0.05) is 50.7 Å².